The average Bonchev–Trinajstić information content (AvgIpc) is 2.66. The summed E-state index contributed by atoms with van der Waals surface area (Å²) in [5, 5.41) is 9.66. The Labute approximate surface area is 102 Å². The third-order valence-corrected chi connectivity index (χ3v) is 3.75. The number of aromatic nitrogens is 2. The van der Waals surface area contributed by atoms with E-state index in [1.54, 1.807) is 23.3 Å². The lowest BCUT2D eigenvalue weighted by Gasteiger charge is -2.45. The molecule has 2 atom stereocenters. The van der Waals surface area contributed by atoms with E-state index >= 15 is 0 Å². The highest BCUT2D eigenvalue weighted by molar-refractivity contribution is 5.77. The van der Waals surface area contributed by atoms with Crippen LogP contribution in [0.15, 0.2) is 18.7 Å². The minimum Gasteiger partial charge on any atom is -0.479 e. The number of hydrogen-bond donors (Lipinski definition) is 1. The molecule has 0 amide bonds. The van der Waals surface area contributed by atoms with Crippen LogP contribution in [0.4, 0.5) is 0 Å². The summed E-state index contributed by atoms with van der Waals surface area (Å²) in [6, 6.07) is 0. The van der Waals surface area contributed by atoms with Crippen molar-refractivity contribution in [3.8, 4) is 0 Å². The summed E-state index contributed by atoms with van der Waals surface area (Å²) in [5.41, 5.74) is -0.766. The van der Waals surface area contributed by atoms with Crippen LogP contribution >= 0.6 is 0 Å². The summed E-state index contributed by atoms with van der Waals surface area (Å²) in [4.78, 5) is 15.8. The van der Waals surface area contributed by atoms with Gasteiger partial charge in [0.15, 0.2) is 0 Å². The average molecular weight is 236 g/mol. The predicted octanol–water partition coefficient (Wildman–Crippen LogP) is 2.51. The van der Waals surface area contributed by atoms with Crippen LogP contribution in [0, 0.1) is 11.3 Å². The topological polar surface area (TPSA) is 55.1 Å². The van der Waals surface area contributed by atoms with Crippen molar-refractivity contribution in [2.45, 2.75) is 45.6 Å². The summed E-state index contributed by atoms with van der Waals surface area (Å²) in [6.07, 6.45) is 7.47. The zero-order valence-corrected chi connectivity index (χ0v) is 10.7. The number of hydrogen-bond acceptors (Lipinski definition) is 2. The van der Waals surface area contributed by atoms with Crippen LogP contribution in [0.1, 0.15) is 40.0 Å². The Kier molecular flexibility index (Phi) is 2.76. The first kappa shape index (κ1) is 12.1. The summed E-state index contributed by atoms with van der Waals surface area (Å²) >= 11 is 0. The largest absolute Gasteiger partial charge is 0.479 e. The maximum absolute atomic E-state index is 11.8. The van der Waals surface area contributed by atoms with Gasteiger partial charge < -0.3 is 9.67 Å². The van der Waals surface area contributed by atoms with E-state index in [2.05, 4.69) is 25.8 Å². The number of carboxylic acids is 1. The molecule has 2 unspecified atom stereocenters. The summed E-state index contributed by atoms with van der Waals surface area (Å²) in [7, 11) is 0. The molecule has 4 heteroatoms. The number of nitrogens with zero attached hydrogens (tertiary/aromatic N) is 2. The molecule has 1 N–H and O–H groups in total. The van der Waals surface area contributed by atoms with Crippen molar-refractivity contribution in [1.82, 2.24) is 9.55 Å². The predicted molar refractivity (Wildman–Crippen MR) is 64.6 cm³/mol. The Morgan fingerprint density at radius 1 is 1.47 bits per heavy atom. The lowest BCUT2D eigenvalue weighted by Crippen LogP contribution is -2.49. The van der Waals surface area contributed by atoms with Gasteiger partial charge in [-0.1, -0.05) is 20.8 Å². The number of imidazole rings is 1. The van der Waals surface area contributed by atoms with Crippen molar-refractivity contribution < 1.29 is 9.90 Å². The molecule has 4 nitrogen and oxygen atoms in total. The van der Waals surface area contributed by atoms with Crippen molar-refractivity contribution in [3.05, 3.63) is 18.7 Å². The lowest BCUT2D eigenvalue weighted by atomic mass is 9.64. The van der Waals surface area contributed by atoms with Crippen molar-refractivity contribution >= 4 is 5.97 Å². The summed E-state index contributed by atoms with van der Waals surface area (Å²) in [6.45, 7) is 6.43. The third kappa shape index (κ3) is 2.08. The molecule has 17 heavy (non-hydrogen) atoms. The van der Waals surface area contributed by atoms with Gasteiger partial charge in [0.1, 0.15) is 5.54 Å². The lowest BCUT2D eigenvalue weighted by molar-refractivity contribution is -0.153. The van der Waals surface area contributed by atoms with Crippen molar-refractivity contribution in [2.24, 2.45) is 11.3 Å². The smallest absolute Gasteiger partial charge is 0.329 e. The van der Waals surface area contributed by atoms with Gasteiger partial charge in [0.25, 0.3) is 0 Å². The highest BCUT2D eigenvalue weighted by atomic mass is 16.4. The second kappa shape index (κ2) is 3.86. The second-order valence-corrected chi connectivity index (χ2v) is 6.16. The molecule has 1 aromatic rings. The van der Waals surface area contributed by atoms with Gasteiger partial charge in [-0.2, -0.15) is 0 Å². The standard InChI is InChI=1S/C13H20N2O2/c1-10-6-12(2,3)8-13(7-10,11(16)17)15-5-4-14-9-15/h4-5,9-10H,6-8H2,1-3H3,(H,16,17). The number of carboxylic acid groups (broad SMARTS) is 1. The number of carbonyl (C=O) groups is 1. The third-order valence-electron chi connectivity index (χ3n) is 3.75. The second-order valence-electron chi connectivity index (χ2n) is 6.16. The first-order valence-corrected chi connectivity index (χ1v) is 6.08. The molecule has 0 radical (unpaired) electrons. The molecule has 1 aliphatic rings. The van der Waals surface area contributed by atoms with E-state index in [9.17, 15) is 9.90 Å². The number of rotatable bonds is 2. The molecule has 2 rings (SSSR count). The van der Waals surface area contributed by atoms with Crippen LogP contribution in [0.3, 0.4) is 0 Å². The molecule has 1 saturated carbocycles. The van der Waals surface area contributed by atoms with Crippen LogP contribution in [-0.4, -0.2) is 20.6 Å². The van der Waals surface area contributed by atoms with E-state index < -0.39 is 11.5 Å². The van der Waals surface area contributed by atoms with E-state index in [1.165, 1.54) is 0 Å². The van der Waals surface area contributed by atoms with E-state index in [-0.39, 0.29) is 5.41 Å². The molecule has 0 spiro atoms. The summed E-state index contributed by atoms with van der Waals surface area (Å²) < 4.78 is 1.77. The van der Waals surface area contributed by atoms with Crippen molar-refractivity contribution in [1.29, 1.82) is 0 Å². The van der Waals surface area contributed by atoms with Crippen molar-refractivity contribution in [3.63, 3.8) is 0 Å². The van der Waals surface area contributed by atoms with Gasteiger partial charge >= 0.3 is 5.97 Å². The zero-order valence-electron chi connectivity index (χ0n) is 10.7. The van der Waals surface area contributed by atoms with Gasteiger partial charge in [0, 0.05) is 12.4 Å². The molecule has 0 aromatic carbocycles. The highest BCUT2D eigenvalue weighted by Gasteiger charge is 2.49. The molecule has 0 saturated heterocycles. The first-order valence-electron chi connectivity index (χ1n) is 6.08. The Morgan fingerprint density at radius 3 is 2.65 bits per heavy atom. The van der Waals surface area contributed by atoms with Crippen LogP contribution in [0.25, 0.3) is 0 Å². The molecule has 1 aliphatic carbocycles. The van der Waals surface area contributed by atoms with E-state index in [0.29, 0.717) is 18.8 Å². The van der Waals surface area contributed by atoms with Gasteiger partial charge in [-0.25, -0.2) is 9.78 Å². The highest BCUT2D eigenvalue weighted by Crippen LogP contribution is 2.47. The quantitative estimate of drug-likeness (QED) is 0.858. The van der Waals surface area contributed by atoms with Crippen molar-refractivity contribution in [2.75, 3.05) is 0 Å². The molecule has 0 bridgehead atoms. The fourth-order valence-electron chi connectivity index (χ4n) is 3.51. The Morgan fingerprint density at radius 2 is 2.18 bits per heavy atom. The molecular weight excluding hydrogens is 216 g/mol. The summed E-state index contributed by atoms with van der Waals surface area (Å²) in [5.74, 6) is -0.327. The molecule has 94 valence electrons. The minimum atomic E-state index is -0.822. The van der Waals surface area contributed by atoms with E-state index in [4.69, 9.17) is 0 Å². The molecular formula is C13H20N2O2. The number of aliphatic carboxylic acids is 1. The minimum absolute atomic E-state index is 0.0559. The van der Waals surface area contributed by atoms with Crippen LogP contribution < -0.4 is 0 Å². The zero-order chi connectivity index (χ0) is 12.7. The van der Waals surface area contributed by atoms with Gasteiger partial charge in [0.2, 0.25) is 0 Å². The Hall–Kier alpha value is -1.32. The first-order chi connectivity index (χ1) is 7.86. The fourth-order valence-corrected chi connectivity index (χ4v) is 3.51. The normalized spacial score (nSPS) is 32.3. The maximum atomic E-state index is 11.8. The molecule has 0 aliphatic heterocycles. The van der Waals surface area contributed by atoms with Gasteiger partial charge in [-0.3, -0.25) is 0 Å². The molecule has 1 fully saturated rings. The van der Waals surface area contributed by atoms with Gasteiger partial charge in [-0.05, 0) is 30.6 Å². The maximum Gasteiger partial charge on any atom is 0.329 e. The van der Waals surface area contributed by atoms with Gasteiger partial charge in [-0.15, -0.1) is 0 Å². The van der Waals surface area contributed by atoms with Crippen LogP contribution in [0.2, 0.25) is 0 Å². The molecule has 1 heterocycles. The Balaban J connectivity index is 2.45. The van der Waals surface area contributed by atoms with Gasteiger partial charge in [0.05, 0.1) is 6.33 Å². The van der Waals surface area contributed by atoms with Crippen LogP contribution in [-0.2, 0) is 10.3 Å². The van der Waals surface area contributed by atoms with Crippen LogP contribution in [0.5, 0.6) is 0 Å². The van der Waals surface area contributed by atoms with E-state index in [0.717, 1.165) is 6.42 Å². The Bertz CT molecular complexity index is 411. The molecule has 1 aromatic heterocycles. The van der Waals surface area contributed by atoms with E-state index in [1.807, 2.05) is 0 Å². The fraction of sp³-hybridized carbons (Fsp3) is 0.692. The SMILES string of the molecule is CC1CC(C)(C)CC(C(=O)O)(n2ccnc2)C1. The monoisotopic (exact) mass is 236 g/mol.